The van der Waals surface area contributed by atoms with Gasteiger partial charge >= 0.3 is 6.03 Å². The predicted molar refractivity (Wildman–Crippen MR) is 131 cm³/mol. The summed E-state index contributed by atoms with van der Waals surface area (Å²) in [5.74, 6) is 0.142. The Labute approximate surface area is 210 Å². The summed E-state index contributed by atoms with van der Waals surface area (Å²) in [5, 5.41) is 0.434. The van der Waals surface area contributed by atoms with E-state index in [4.69, 9.17) is 21.1 Å². The predicted octanol–water partition coefficient (Wildman–Crippen LogP) is 4.24. The molecular formula is C26H31ClFN3O4. The summed E-state index contributed by atoms with van der Waals surface area (Å²) in [4.78, 5) is 32.2. The van der Waals surface area contributed by atoms with Crippen molar-refractivity contribution in [3.05, 3.63) is 63.9 Å². The number of methoxy groups -OCH3 is 2. The molecule has 0 saturated carbocycles. The van der Waals surface area contributed by atoms with Gasteiger partial charge < -0.3 is 14.4 Å². The molecule has 1 spiro atoms. The van der Waals surface area contributed by atoms with Gasteiger partial charge in [-0.05, 0) is 49.1 Å². The SMILES string of the molecule is COCCN1C(=O)N(Cc2cccc(OC)c2)C(=O)C12CCN(Cc1c(F)ccc(C)c1Cl)CC2. The highest BCUT2D eigenvalue weighted by molar-refractivity contribution is 6.32. The van der Waals surface area contributed by atoms with E-state index in [1.807, 2.05) is 31.2 Å². The van der Waals surface area contributed by atoms with E-state index in [-0.39, 0.29) is 24.3 Å². The number of halogens is 2. The minimum absolute atomic E-state index is 0.175. The van der Waals surface area contributed by atoms with Crippen molar-refractivity contribution in [2.45, 2.75) is 38.4 Å². The van der Waals surface area contributed by atoms with Crippen molar-refractivity contribution in [1.29, 1.82) is 0 Å². The lowest BCUT2D eigenvalue weighted by atomic mass is 9.85. The molecule has 0 N–H and O–H groups in total. The molecule has 2 fully saturated rings. The molecule has 9 heteroatoms. The highest BCUT2D eigenvalue weighted by atomic mass is 35.5. The average molecular weight is 504 g/mol. The molecular weight excluding hydrogens is 473 g/mol. The lowest BCUT2D eigenvalue weighted by Crippen LogP contribution is -2.57. The monoisotopic (exact) mass is 503 g/mol. The van der Waals surface area contributed by atoms with Crippen LogP contribution in [0, 0.1) is 12.7 Å². The zero-order valence-electron chi connectivity index (χ0n) is 20.4. The molecule has 2 aliphatic rings. The van der Waals surface area contributed by atoms with Crippen LogP contribution < -0.4 is 4.74 Å². The maximum absolute atomic E-state index is 14.5. The number of hydrogen-bond acceptors (Lipinski definition) is 5. The quantitative estimate of drug-likeness (QED) is 0.504. The van der Waals surface area contributed by atoms with E-state index in [9.17, 15) is 14.0 Å². The number of piperidine rings is 1. The molecule has 2 aromatic rings. The highest BCUT2D eigenvalue weighted by Crippen LogP contribution is 2.39. The third-order valence-electron chi connectivity index (χ3n) is 7.06. The number of amides is 3. The van der Waals surface area contributed by atoms with Crippen LogP contribution in [0.25, 0.3) is 0 Å². The zero-order chi connectivity index (χ0) is 25.2. The number of aryl methyl sites for hydroxylation is 1. The maximum atomic E-state index is 14.5. The number of ether oxygens (including phenoxy) is 2. The van der Waals surface area contributed by atoms with Crippen LogP contribution in [0.3, 0.4) is 0 Å². The molecule has 0 atom stereocenters. The summed E-state index contributed by atoms with van der Waals surface area (Å²) < 4.78 is 25.0. The fraction of sp³-hybridized carbons (Fsp3) is 0.462. The number of rotatable bonds is 8. The first kappa shape index (κ1) is 25.4. The van der Waals surface area contributed by atoms with Gasteiger partial charge in [-0.2, -0.15) is 0 Å². The van der Waals surface area contributed by atoms with Crippen LogP contribution in [0.15, 0.2) is 36.4 Å². The number of urea groups is 1. The van der Waals surface area contributed by atoms with Crippen molar-refractivity contribution in [3.8, 4) is 5.75 Å². The molecule has 3 amide bonds. The number of benzene rings is 2. The fourth-order valence-electron chi connectivity index (χ4n) is 5.02. The number of hydrogen-bond donors (Lipinski definition) is 0. The van der Waals surface area contributed by atoms with E-state index in [1.54, 1.807) is 25.2 Å². The number of nitrogens with zero attached hydrogens (tertiary/aromatic N) is 3. The van der Waals surface area contributed by atoms with E-state index in [2.05, 4.69) is 4.90 Å². The van der Waals surface area contributed by atoms with E-state index in [1.165, 1.54) is 11.0 Å². The first-order valence-corrected chi connectivity index (χ1v) is 12.1. The standard InChI is InChI=1S/C26H31ClFN3O4/c1-18-7-8-22(28)21(23(18)27)17-29-11-9-26(10-12-29)24(32)30(25(33)31(26)13-14-34-2)16-19-5-4-6-20(15-19)35-3/h4-8,15H,9-14,16-17H2,1-3H3. The van der Waals surface area contributed by atoms with E-state index in [0.717, 1.165) is 11.1 Å². The van der Waals surface area contributed by atoms with Gasteiger partial charge in [-0.3, -0.25) is 14.6 Å². The van der Waals surface area contributed by atoms with E-state index in [0.29, 0.717) is 62.0 Å². The second-order valence-corrected chi connectivity index (χ2v) is 9.51. The maximum Gasteiger partial charge on any atom is 0.328 e. The van der Waals surface area contributed by atoms with Crippen molar-refractivity contribution in [2.75, 3.05) is 40.5 Å². The summed E-state index contributed by atoms with van der Waals surface area (Å²) in [6.45, 7) is 4.13. The molecule has 35 heavy (non-hydrogen) atoms. The molecule has 188 valence electrons. The molecule has 0 aromatic heterocycles. The molecule has 0 aliphatic carbocycles. The molecule has 7 nitrogen and oxygen atoms in total. The topological polar surface area (TPSA) is 62.3 Å². The van der Waals surface area contributed by atoms with Gasteiger partial charge in [-0.15, -0.1) is 0 Å². The van der Waals surface area contributed by atoms with Crippen molar-refractivity contribution in [1.82, 2.24) is 14.7 Å². The lowest BCUT2D eigenvalue weighted by Gasteiger charge is -2.42. The number of likely N-dealkylation sites (tertiary alicyclic amines) is 1. The van der Waals surface area contributed by atoms with Gasteiger partial charge in [0, 0.05) is 38.9 Å². The normalized spacial score (nSPS) is 18.1. The van der Waals surface area contributed by atoms with Gasteiger partial charge in [0.05, 0.1) is 25.3 Å². The zero-order valence-corrected chi connectivity index (χ0v) is 21.1. The van der Waals surface area contributed by atoms with Gasteiger partial charge in [-0.1, -0.05) is 29.8 Å². The van der Waals surface area contributed by atoms with Gasteiger partial charge in [0.15, 0.2) is 0 Å². The van der Waals surface area contributed by atoms with Gasteiger partial charge in [0.25, 0.3) is 5.91 Å². The fourth-order valence-corrected chi connectivity index (χ4v) is 5.23. The van der Waals surface area contributed by atoms with Crippen LogP contribution in [0.1, 0.15) is 29.5 Å². The highest BCUT2D eigenvalue weighted by Gasteiger charge is 2.57. The third-order valence-corrected chi connectivity index (χ3v) is 7.59. The molecule has 2 heterocycles. The Morgan fingerprint density at radius 3 is 2.51 bits per heavy atom. The third kappa shape index (κ3) is 4.87. The van der Waals surface area contributed by atoms with Crippen LogP contribution in [0.4, 0.5) is 9.18 Å². The van der Waals surface area contributed by atoms with Crippen molar-refractivity contribution in [3.63, 3.8) is 0 Å². The molecule has 2 aromatic carbocycles. The van der Waals surface area contributed by atoms with Crippen molar-refractivity contribution in [2.24, 2.45) is 0 Å². The first-order chi connectivity index (χ1) is 16.8. The van der Waals surface area contributed by atoms with Gasteiger partial charge in [0.2, 0.25) is 0 Å². The Morgan fingerprint density at radius 1 is 1.09 bits per heavy atom. The van der Waals surface area contributed by atoms with Crippen LogP contribution in [-0.2, 0) is 22.6 Å². The lowest BCUT2D eigenvalue weighted by molar-refractivity contribution is -0.136. The Kier molecular flexibility index (Phi) is 7.64. The second kappa shape index (κ2) is 10.5. The van der Waals surface area contributed by atoms with Gasteiger partial charge in [0.1, 0.15) is 17.1 Å². The van der Waals surface area contributed by atoms with Crippen LogP contribution >= 0.6 is 11.6 Å². The molecule has 0 bridgehead atoms. The van der Waals surface area contributed by atoms with Gasteiger partial charge in [-0.25, -0.2) is 9.18 Å². The molecule has 4 rings (SSSR count). The summed E-state index contributed by atoms with van der Waals surface area (Å²) >= 11 is 6.38. The summed E-state index contributed by atoms with van der Waals surface area (Å²) in [7, 11) is 3.15. The summed E-state index contributed by atoms with van der Waals surface area (Å²) in [6.07, 6.45) is 0.919. The Hall–Kier alpha value is -2.68. The van der Waals surface area contributed by atoms with Crippen LogP contribution in [0.5, 0.6) is 5.75 Å². The minimum Gasteiger partial charge on any atom is -0.497 e. The van der Waals surface area contributed by atoms with Crippen molar-refractivity contribution >= 4 is 23.5 Å². The van der Waals surface area contributed by atoms with E-state index < -0.39 is 5.54 Å². The molecule has 0 unspecified atom stereocenters. The Balaban J connectivity index is 1.53. The van der Waals surface area contributed by atoms with Crippen LogP contribution in [-0.4, -0.2) is 72.6 Å². The summed E-state index contributed by atoms with van der Waals surface area (Å²) in [5.41, 5.74) is 1.18. The average Bonchev–Trinajstić information content (AvgIpc) is 3.05. The molecule has 2 saturated heterocycles. The minimum atomic E-state index is -0.931. The number of carbonyl (C=O) groups excluding carboxylic acids is 2. The molecule has 0 radical (unpaired) electrons. The summed E-state index contributed by atoms with van der Waals surface area (Å²) in [6, 6.07) is 10.2. The van der Waals surface area contributed by atoms with E-state index >= 15 is 0 Å². The first-order valence-electron chi connectivity index (χ1n) is 11.7. The number of carbonyl (C=O) groups is 2. The number of imide groups is 1. The Morgan fingerprint density at radius 2 is 1.83 bits per heavy atom. The van der Waals surface area contributed by atoms with Crippen molar-refractivity contribution < 1.29 is 23.5 Å². The Bertz CT molecular complexity index is 1100. The smallest absolute Gasteiger partial charge is 0.328 e. The largest absolute Gasteiger partial charge is 0.497 e. The molecule has 2 aliphatic heterocycles. The van der Waals surface area contributed by atoms with Crippen LogP contribution in [0.2, 0.25) is 5.02 Å². The second-order valence-electron chi connectivity index (χ2n) is 9.13.